The normalized spacial score (nSPS) is 22.6. The number of nitriles is 1. The minimum Gasteiger partial charge on any atom is -0.495 e. The Hall–Kier alpha value is -3.64. The van der Waals surface area contributed by atoms with Crippen LogP contribution in [0.25, 0.3) is 11.1 Å². The minimum atomic E-state index is -1.48. The lowest BCUT2D eigenvalue weighted by Gasteiger charge is -2.42. The summed E-state index contributed by atoms with van der Waals surface area (Å²) in [6, 6.07) is 13.0. The van der Waals surface area contributed by atoms with Crippen LogP contribution < -0.4 is 15.4 Å². The van der Waals surface area contributed by atoms with E-state index in [0.717, 1.165) is 0 Å². The van der Waals surface area contributed by atoms with Crippen molar-refractivity contribution in [3.05, 3.63) is 81.1 Å². The van der Waals surface area contributed by atoms with Gasteiger partial charge in [0.1, 0.15) is 17.0 Å². The second-order valence-corrected chi connectivity index (χ2v) is 12.5. The van der Waals surface area contributed by atoms with Crippen molar-refractivity contribution in [2.45, 2.75) is 50.6 Å². The number of hydrogen-bond acceptors (Lipinski definition) is 5. The fourth-order valence-corrected chi connectivity index (χ4v) is 6.84. The monoisotopic (exact) mass is 595 g/mol. The number of ether oxygens (including phenoxy) is 1. The molecule has 0 saturated carbocycles. The van der Waals surface area contributed by atoms with Gasteiger partial charge < -0.3 is 20.5 Å². The maximum atomic E-state index is 16.0. The van der Waals surface area contributed by atoms with Crippen LogP contribution in [0.5, 0.6) is 5.75 Å². The van der Waals surface area contributed by atoms with E-state index in [1.165, 1.54) is 31.4 Å². The van der Waals surface area contributed by atoms with E-state index < -0.39 is 41.1 Å². The first-order valence-corrected chi connectivity index (χ1v) is 13.8. The predicted molar refractivity (Wildman–Crippen MR) is 155 cm³/mol. The molecule has 5 rings (SSSR count). The SMILES string of the molecule is COc1cc(C(=O)O)ccc1NC(=O)[C@@H]1N[C@@H](CC(C)(C)C)[C@]2(C#N)c3c(F)cc(Cl)cc3-c3c(Cl)cccc3[C@@H]12. The second kappa shape index (κ2) is 10.3. The van der Waals surface area contributed by atoms with Gasteiger partial charge in [-0.2, -0.15) is 5.26 Å². The number of nitrogens with zero attached hydrogens (tertiary/aromatic N) is 1. The van der Waals surface area contributed by atoms with Gasteiger partial charge in [0.2, 0.25) is 5.91 Å². The van der Waals surface area contributed by atoms with E-state index in [1.54, 1.807) is 18.2 Å². The molecule has 0 aromatic heterocycles. The third-order valence-corrected chi connectivity index (χ3v) is 8.40. The summed E-state index contributed by atoms with van der Waals surface area (Å²) >= 11 is 13.0. The van der Waals surface area contributed by atoms with E-state index in [-0.39, 0.29) is 33.0 Å². The molecular weight excluding hydrogens is 568 g/mol. The number of carboxylic acid groups (broad SMARTS) is 1. The van der Waals surface area contributed by atoms with Gasteiger partial charge in [-0.15, -0.1) is 0 Å². The van der Waals surface area contributed by atoms with E-state index in [1.807, 2.05) is 26.8 Å². The highest BCUT2D eigenvalue weighted by atomic mass is 35.5. The van der Waals surface area contributed by atoms with Crippen LogP contribution in [-0.2, 0) is 10.2 Å². The molecule has 0 bridgehead atoms. The lowest BCUT2D eigenvalue weighted by molar-refractivity contribution is -0.118. The quantitative estimate of drug-likeness (QED) is 0.300. The Labute approximate surface area is 247 Å². The van der Waals surface area contributed by atoms with Crippen LogP contribution in [0.15, 0.2) is 48.5 Å². The Morgan fingerprint density at radius 2 is 1.93 bits per heavy atom. The average molecular weight is 596 g/mol. The molecule has 10 heteroatoms. The average Bonchev–Trinajstić information content (AvgIpc) is 3.22. The first-order valence-electron chi connectivity index (χ1n) is 13.0. The highest BCUT2D eigenvalue weighted by Crippen LogP contribution is 2.60. The zero-order valence-electron chi connectivity index (χ0n) is 22.8. The van der Waals surface area contributed by atoms with Crippen LogP contribution in [0.1, 0.15) is 54.6 Å². The number of rotatable bonds is 5. The minimum absolute atomic E-state index is 0.00540. The second-order valence-electron chi connectivity index (χ2n) is 11.6. The zero-order chi connectivity index (χ0) is 29.9. The van der Waals surface area contributed by atoms with Gasteiger partial charge >= 0.3 is 5.97 Å². The number of carboxylic acids is 1. The fraction of sp³-hybridized carbons (Fsp3) is 0.323. The van der Waals surface area contributed by atoms with E-state index in [0.29, 0.717) is 28.1 Å². The van der Waals surface area contributed by atoms with Gasteiger partial charge in [0.25, 0.3) is 0 Å². The van der Waals surface area contributed by atoms with Gasteiger partial charge in [-0.05, 0) is 59.4 Å². The molecule has 1 heterocycles. The molecule has 7 nitrogen and oxygen atoms in total. The molecule has 1 amide bonds. The molecule has 3 aromatic carbocycles. The molecule has 3 aromatic rings. The van der Waals surface area contributed by atoms with Gasteiger partial charge in [0, 0.05) is 33.1 Å². The number of methoxy groups -OCH3 is 1. The summed E-state index contributed by atoms with van der Waals surface area (Å²) in [5, 5.41) is 27.1. The van der Waals surface area contributed by atoms with Crippen LogP contribution in [0, 0.1) is 22.6 Å². The summed E-state index contributed by atoms with van der Waals surface area (Å²) in [6.07, 6.45) is 0.453. The molecule has 0 radical (unpaired) electrons. The molecule has 2 aliphatic rings. The van der Waals surface area contributed by atoms with Crippen LogP contribution in [0.3, 0.4) is 0 Å². The maximum absolute atomic E-state index is 16.0. The third kappa shape index (κ3) is 4.72. The number of anilines is 1. The number of halogens is 3. The van der Waals surface area contributed by atoms with Crippen molar-refractivity contribution in [1.29, 1.82) is 5.26 Å². The molecule has 212 valence electrons. The van der Waals surface area contributed by atoms with Crippen molar-refractivity contribution in [1.82, 2.24) is 5.32 Å². The van der Waals surface area contributed by atoms with Crippen LogP contribution >= 0.6 is 23.2 Å². The van der Waals surface area contributed by atoms with Crippen molar-refractivity contribution >= 4 is 40.8 Å². The first kappa shape index (κ1) is 28.9. The van der Waals surface area contributed by atoms with Crippen LogP contribution in [0.2, 0.25) is 10.0 Å². The van der Waals surface area contributed by atoms with Crippen LogP contribution in [0.4, 0.5) is 10.1 Å². The molecule has 4 atom stereocenters. The highest BCUT2D eigenvalue weighted by Gasteiger charge is 2.63. The molecule has 1 fully saturated rings. The highest BCUT2D eigenvalue weighted by molar-refractivity contribution is 6.34. The number of nitrogens with one attached hydrogen (secondary N) is 2. The van der Waals surface area contributed by atoms with Crippen molar-refractivity contribution in [2.24, 2.45) is 5.41 Å². The van der Waals surface area contributed by atoms with Crippen molar-refractivity contribution in [2.75, 3.05) is 12.4 Å². The Bertz CT molecular complexity index is 1630. The van der Waals surface area contributed by atoms with Crippen LogP contribution in [-0.4, -0.2) is 36.2 Å². The van der Waals surface area contributed by atoms with Gasteiger partial charge in [0.15, 0.2) is 0 Å². The summed E-state index contributed by atoms with van der Waals surface area (Å²) in [5.41, 5.74) is 0.239. The fourth-order valence-electron chi connectivity index (χ4n) is 6.35. The largest absolute Gasteiger partial charge is 0.495 e. The summed E-state index contributed by atoms with van der Waals surface area (Å²) in [7, 11) is 1.37. The van der Waals surface area contributed by atoms with E-state index >= 15 is 4.39 Å². The van der Waals surface area contributed by atoms with E-state index in [2.05, 4.69) is 16.7 Å². The van der Waals surface area contributed by atoms with Crippen molar-refractivity contribution < 1.29 is 23.8 Å². The van der Waals surface area contributed by atoms with Crippen molar-refractivity contribution in [3.8, 4) is 22.9 Å². The van der Waals surface area contributed by atoms with Gasteiger partial charge in [-0.25, -0.2) is 9.18 Å². The summed E-state index contributed by atoms with van der Waals surface area (Å²) in [4.78, 5) is 25.5. The molecule has 1 aliphatic carbocycles. The Morgan fingerprint density at radius 1 is 1.20 bits per heavy atom. The standard InChI is InChI=1S/C31H28Cl2FN3O4/c1-30(2,3)13-23-31(14-35)25-18(11-16(32)12-20(25)34)24-17(6-5-7-19(24)33)26(31)27(37-23)28(38)36-21-9-8-15(29(39)40)10-22(21)41-4/h5-12,23,26-27,37H,13H2,1-4H3,(H,36,38)(H,39,40)/t23-,26-,27+,31+/m0/s1. The molecule has 0 unspecified atom stereocenters. The lowest BCUT2D eigenvalue weighted by atomic mass is 9.57. The van der Waals surface area contributed by atoms with Gasteiger partial charge in [0.05, 0.1) is 30.5 Å². The van der Waals surface area contributed by atoms with E-state index in [9.17, 15) is 20.0 Å². The maximum Gasteiger partial charge on any atom is 0.335 e. The molecule has 41 heavy (non-hydrogen) atoms. The summed E-state index contributed by atoms with van der Waals surface area (Å²) < 4.78 is 21.4. The number of amides is 1. The number of carbonyl (C=O) groups excluding carboxylic acids is 1. The number of fused-ring (bicyclic) bond motifs is 6. The first-order chi connectivity index (χ1) is 19.3. The van der Waals surface area contributed by atoms with Crippen molar-refractivity contribution in [3.63, 3.8) is 0 Å². The molecular formula is C31H28Cl2FN3O4. The number of aromatic carboxylic acids is 1. The van der Waals surface area contributed by atoms with Gasteiger partial charge in [-0.3, -0.25) is 4.79 Å². The lowest BCUT2D eigenvalue weighted by Crippen LogP contribution is -2.46. The molecule has 1 saturated heterocycles. The molecule has 3 N–H and O–H groups in total. The molecule has 0 spiro atoms. The molecule has 1 aliphatic heterocycles. The summed E-state index contributed by atoms with van der Waals surface area (Å²) in [5.74, 6) is -2.93. The van der Waals surface area contributed by atoms with E-state index in [4.69, 9.17) is 27.9 Å². The van der Waals surface area contributed by atoms with Gasteiger partial charge in [-0.1, -0.05) is 56.1 Å². The Morgan fingerprint density at radius 3 is 2.56 bits per heavy atom. The topological polar surface area (TPSA) is 111 Å². The number of hydrogen-bond donors (Lipinski definition) is 3. The number of benzene rings is 3. The Kier molecular flexibility index (Phi) is 7.27. The number of carbonyl (C=O) groups is 2. The summed E-state index contributed by atoms with van der Waals surface area (Å²) in [6.45, 7) is 6.05. The zero-order valence-corrected chi connectivity index (χ0v) is 24.3. The predicted octanol–water partition coefficient (Wildman–Crippen LogP) is 6.78. The third-order valence-electron chi connectivity index (χ3n) is 7.86. The Balaban J connectivity index is 1.71. The smallest absolute Gasteiger partial charge is 0.335 e.